The van der Waals surface area contributed by atoms with E-state index in [1.165, 1.54) is 32.1 Å². The smallest absolute Gasteiger partial charge is 0.236 e. The predicted molar refractivity (Wildman–Crippen MR) is 96.1 cm³/mol. The average Bonchev–Trinajstić information content (AvgIpc) is 3.27. The highest BCUT2D eigenvalue weighted by Crippen LogP contribution is 2.33. The van der Waals surface area contributed by atoms with Crippen LogP contribution in [-0.2, 0) is 4.79 Å². The topological polar surface area (TPSA) is 58.1 Å². The first-order valence-electron chi connectivity index (χ1n) is 8.74. The van der Waals surface area contributed by atoms with Gasteiger partial charge in [-0.05, 0) is 39.5 Å². The van der Waals surface area contributed by atoms with Crippen LogP contribution >= 0.6 is 23.1 Å². The SMILES string of the molecule is CCN(C(=O)C(C)Sc1nnc(NC2CC2)s1)C1CCCCC1. The van der Waals surface area contributed by atoms with Gasteiger partial charge in [0.1, 0.15) is 0 Å². The quantitative estimate of drug-likeness (QED) is 0.755. The molecule has 1 unspecified atom stereocenters. The fourth-order valence-electron chi connectivity index (χ4n) is 3.14. The van der Waals surface area contributed by atoms with Gasteiger partial charge in [-0.3, -0.25) is 4.79 Å². The van der Waals surface area contributed by atoms with Crippen LogP contribution in [0.2, 0.25) is 0 Å². The van der Waals surface area contributed by atoms with Gasteiger partial charge in [-0.1, -0.05) is 42.4 Å². The lowest BCUT2D eigenvalue weighted by molar-refractivity contribution is -0.133. The van der Waals surface area contributed by atoms with Crippen LogP contribution in [0, 0.1) is 0 Å². The second-order valence-corrected chi connectivity index (χ2v) is 9.03. The molecule has 0 saturated heterocycles. The van der Waals surface area contributed by atoms with Crippen LogP contribution in [0.15, 0.2) is 4.34 Å². The number of anilines is 1. The van der Waals surface area contributed by atoms with Crippen LogP contribution in [0.25, 0.3) is 0 Å². The zero-order valence-corrected chi connectivity index (χ0v) is 15.6. The molecule has 0 aliphatic heterocycles. The summed E-state index contributed by atoms with van der Waals surface area (Å²) in [4.78, 5) is 14.9. The number of nitrogens with zero attached hydrogens (tertiary/aromatic N) is 3. The normalized spacial score (nSPS) is 20.3. The summed E-state index contributed by atoms with van der Waals surface area (Å²) in [6.45, 7) is 4.89. The fourth-order valence-corrected chi connectivity index (χ4v) is 5.18. The molecule has 1 heterocycles. The minimum Gasteiger partial charge on any atom is -0.357 e. The van der Waals surface area contributed by atoms with E-state index in [2.05, 4.69) is 27.3 Å². The molecule has 0 aromatic carbocycles. The number of carbonyl (C=O) groups is 1. The van der Waals surface area contributed by atoms with E-state index in [4.69, 9.17) is 0 Å². The van der Waals surface area contributed by atoms with Gasteiger partial charge >= 0.3 is 0 Å². The minimum atomic E-state index is -0.0985. The van der Waals surface area contributed by atoms with E-state index in [0.29, 0.717) is 12.1 Å². The second kappa shape index (κ2) is 7.83. The van der Waals surface area contributed by atoms with Crippen molar-refractivity contribution in [1.82, 2.24) is 15.1 Å². The average molecular weight is 355 g/mol. The lowest BCUT2D eigenvalue weighted by Crippen LogP contribution is -2.44. The number of amides is 1. The third-order valence-corrected chi connectivity index (χ3v) is 6.60. The summed E-state index contributed by atoms with van der Waals surface area (Å²) in [5.74, 6) is 0.247. The van der Waals surface area contributed by atoms with Gasteiger partial charge in [-0.15, -0.1) is 10.2 Å². The van der Waals surface area contributed by atoms with Crippen molar-refractivity contribution >= 4 is 34.1 Å². The number of rotatable bonds is 7. The second-order valence-electron chi connectivity index (χ2n) is 6.47. The standard InChI is InChI=1S/C16H26N4OS2/c1-3-20(13-7-5-4-6-8-13)14(21)11(2)22-16-19-18-15(23-16)17-12-9-10-12/h11-13H,3-10H2,1-2H3,(H,17,18). The van der Waals surface area contributed by atoms with E-state index in [-0.39, 0.29) is 11.2 Å². The maximum Gasteiger partial charge on any atom is 0.236 e. The van der Waals surface area contributed by atoms with Crippen molar-refractivity contribution in [2.45, 2.75) is 80.5 Å². The molecule has 128 valence electrons. The predicted octanol–water partition coefficient (Wildman–Crippen LogP) is 3.77. The van der Waals surface area contributed by atoms with Gasteiger partial charge in [0.25, 0.3) is 0 Å². The summed E-state index contributed by atoms with van der Waals surface area (Å²) >= 11 is 3.10. The van der Waals surface area contributed by atoms with Gasteiger partial charge < -0.3 is 10.2 Å². The van der Waals surface area contributed by atoms with Crippen molar-refractivity contribution in [1.29, 1.82) is 0 Å². The summed E-state index contributed by atoms with van der Waals surface area (Å²) in [6.07, 6.45) is 8.59. The van der Waals surface area contributed by atoms with Crippen LogP contribution in [-0.4, -0.2) is 44.9 Å². The molecule has 5 nitrogen and oxygen atoms in total. The highest BCUT2D eigenvalue weighted by molar-refractivity contribution is 8.02. The van der Waals surface area contributed by atoms with Crippen molar-refractivity contribution in [3.63, 3.8) is 0 Å². The Bertz CT molecular complexity index is 526. The monoisotopic (exact) mass is 354 g/mol. The maximum atomic E-state index is 12.8. The zero-order chi connectivity index (χ0) is 16.2. The highest BCUT2D eigenvalue weighted by atomic mass is 32.2. The minimum absolute atomic E-state index is 0.0985. The number of hydrogen-bond donors (Lipinski definition) is 1. The van der Waals surface area contributed by atoms with Crippen molar-refractivity contribution < 1.29 is 4.79 Å². The van der Waals surface area contributed by atoms with Crippen LogP contribution in [0.5, 0.6) is 0 Å². The van der Waals surface area contributed by atoms with Crippen LogP contribution in [0.4, 0.5) is 5.13 Å². The Balaban J connectivity index is 1.55. The Morgan fingerprint density at radius 1 is 1.30 bits per heavy atom. The van der Waals surface area contributed by atoms with E-state index in [1.54, 1.807) is 23.1 Å². The molecular formula is C16H26N4OS2. The summed E-state index contributed by atoms with van der Waals surface area (Å²) < 4.78 is 0.883. The third-order valence-electron chi connectivity index (χ3n) is 4.58. The van der Waals surface area contributed by atoms with Gasteiger partial charge in [-0.25, -0.2) is 0 Å². The Morgan fingerprint density at radius 2 is 2.04 bits per heavy atom. The number of thioether (sulfide) groups is 1. The van der Waals surface area contributed by atoms with Crippen molar-refractivity contribution in [3.8, 4) is 0 Å². The molecule has 2 aliphatic rings. The van der Waals surface area contributed by atoms with E-state index < -0.39 is 0 Å². The lowest BCUT2D eigenvalue weighted by atomic mass is 9.94. The molecule has 1 aromatic heterocycles. The van der Waals surface area contributed by atoms with Crippen molar-refractivity contribution in [2.24, 2.45) is 0 Å². The van der Waals surface area contributed by atoms with Crippen molar-refractivity contribution in [3.05, 3.63) is 0 Å². The van der Waals surface area contributed by atoms with Gasteiger partial charge in [0, 0.05) is 18.6 Å². The number of nitrogens with one attached hydrogen (secondary N) is 1. The van der Waals surface area contributed by atoms with E-state index >= 15 is 0 Å². The first-order valence-corrected chi connectivity index (χ1v) is 10.4. The Kier molecular flexibility index (Phi) is 5.80. The molecule has 7 heteroatoms. The molecule has 23 heavy (non-hydrogen) atoms. The maximum absolute atomic E-state index is 12.8. The fraction of sp³-hybridized carbons (Fsp3) is 0.812. The molecule has 0 spiro atoms. The van der Waals surface area contributed by atoms with E-state index in [1.807, 2.05) is 6.92 Å². The summed E-state index contributed by atoms with van der Waals surface area (Å²) in [6, 6.07) is 1.02. The first-order chi connectivity index (χ1) is 11.2. The van der Waals surface area contributed by atoms with Crippen LogP contribution in [0.3, 0.4) is 0 Å². The largest absolute Gasteiger partial charge is 0.357 e. The third kappa shape index (κ3) is 4.59. The lowest BCUT2D eigenvalue weighted by Gasteiger charge is -2.35. The molecule has 2 aliphatic carbocycles. The number of carbonyl (C=O) groups excluding carboxylic acids is 1. The zero-order valence-electron chi connectivity index (χ0n) is 14.0. The highest BCUT2D eigenvalue weighted by Gasteiger charge is 2.29. The van der Waals surface area contributed by atoms with Crippen LogP contribution < -0.4 is 5.32 Å². The van der Waals surface area contributed by atoms with Crippen LogP contribution in [0.1, 0.15) is 58.8 Å². The summed E-state index contributed by atoms with van der Waals surface area (Å²) in [5.41, 5.74) is 0. The number of hydrogen-bond acceptors (Lipinski definition) is 6. The molecule has 1 amide bonds. The first kappa shape index (κ1) is 17.0. The molecular weight excluding hydrogens is 328 g/mol. The van der Waals surface area contributed by atoms with Gasteiger partial charge in [0.15, 0.2) is 4.34 Å². The Hall–Kier alpha value is -0.820. The van der Waals surface area contributed by atoms with Crippen molar-refractivity contribution in [2.75, 3.05) is 11.9 Å². The van der Waals surface area contributed by atoms with Gasteiger partial charge in [0.05, 0.1) is 5.25 Å². The molecule has 2 fully saturated rings. The molecule has 1 N–H and O–H groups in total. The molecule has 3 rings (SSSR count). The summed E-state index contributed by atoms with van der Waals surface area (Å²) in [5, 5.41) is 12.5. The number of aromatic nitrogens is 2. The van der Waals surface area contributed by atoms with Gasteiger partial charge in [-0.2, -0.15) is 0 Å². The molecule has 0 bridgehead atoms. The molecule has 1 aromatic rings. The van der Waals surface area contributed by atoms with Gasteiger partial charge in [0.2, 0.25) is 11.0 Å². The van der Waals surface area contributed by atoms with E-state index in [9.17, 15) is 4.79 Å². The molecule has 1 atom stereocenters. The van der Waals surface area contributed by atoms with E-state index in [0.717, 1.165) is 28.9 Å². The Morgan fingerprint density at radius 3 is 2.70 bits per heavy atom. The Labute approximate surface area is 146 Å². The summed E-state index contributed by atoms with van der Waals surface area (Å²) in [7, 11) is 0. The molecule has 2 saturated carbocycles. The molecule has 0 radical (unpaired) electrons.